The van der Waals surface area contributed by atoms with E-state index in [9.17, 15) is 4.79 Å². The van der Waals surface area contributed by atoms with Gasteiger partial charge in [-0.05, 0) is 12.1 Å². The van der Waals surface area contributed by atoms with E-state index in [4.69, 9.17) is 5.73 Å². The third-order valence-electron chi connectivity index (χ3n) is 2.31. The molecule has 0 unspecified atom stereocenters. The number of nitrogens with one attached hydrogen (secondary N) is 1. The summed E-state index contributed by atoms with van der Waals surface area (Å²) in [5, 5.41) is 10.7. The van der Waals surface area contributed by atoms with Crippen LogP contribution in [0, 0.1) is 0 Å². The quantitative estimate of drug-likeness (QED) is 0.705. The number of fused-ring (bicyclic) bond motifs is 1. The van der Waals surface area contributed by atoms with Gasteiger partial charge < -0.3 is 11.1 Å². The minimum atomic E-state index is -0.135. The molecule has 1 aromatic carbocycles. The van der Waals surface area contributed by atoms with Gasteiger partial charge >= 0.3 is 0 Å². The fourth-order valence-corrected chi connectivity index (χ4v) is 3.49. The van der Waals surface area contributed by atoms with Gasteiger partial charge in [-0.1, -0.05) is 29.2 Å². The molecule has 0 spiro atoms. The van der Waals surface area contributed by atoms with Gasteiger partial charge in [-0.25, -0.2) is 0 Å². The number of aromatic nitrogens is 4. The Morgan fingerprint density at radius 2 is 2.25 bits per heavy atom. The Bertz CT molecular complexity index is 754. The highest BCUT2D eigenvalue weighted by molar-refractivity contribution is 8.01. The van der Waals surface area contributed by atoms with Crippen molar-refractivity contribution in [2.75, 3.05) is 16.8 Å². The van der Waals surface area contributed by atoms with Crippen LogP contribution < -0.4 is 11.1 Å². The summed E-state index contributed by atoms with van der Waals surface area (Å²) in [5.74, 6) is 0.104. The number of rotatable bonds is 4. The lowest BCUT2D eigenvalue weighted by atomic mass is 10.2. The minimum absolute atomic E-state index is 0.135. The number of carbonyl (C=O) groups excluding carboxylic acids is 1. The van der Waals surface area contributed by atoms with E-state index in [2.05, 4.69) is 24.3 Å². The number of nitrogens with zero attached hydrogens (tertiary/aromatic N) is 4. The van der Waals surface area contributed by atoms with E-state index >= 15 is 0 Å². The van der Waals surface area contributed by atoms with Gasteiger partial charge in [-0.15, -0.1) is 10.2 Å². The van der Waals surface area contributed by atoms with Crippen molar-refractivity contribution < 1.29 is 4.79 Å². The molecule has 3 aromatic rings. The molecule has 0 aliphatic heterocycles. The Morgan fingerprint density at radius 3 is 3.05 bits per heavy atom. The summed E-state index contributed by atoms with van der Waals surface area (Å²) in [4.78, 5) is 11.9. The number of benzene rings is 1. The fraction of sp³-hybridized carbons (Fsp3) is 0.100. The van der Waals surface area contributed by atoms with Crippen molar-refractivity contribution in [1.82, 2.24) is 18.9 Å². The summed E-state index contributed by atoms with van der Waals surface area (Å²) >= 11 is 3.67. The number of hydrogen-bond donors (Lipinski definition) is 2. The van der Waals surface area contributed by atoms with Crippen LogP contribution in [0.4, 0.5) is 10.8 Å². The van der Waals surface area contributed by atoms with E-state index in [0.717, 1.165) is 17.2 Å². The van der Waals surface area contributed by atoms with E-state index in [1.807, 2.05) is 12.1 Å². The van der Waals surface area contributed by atoms with Crippen molar-refractivity contribution in [2.45, 2.75) is 4.34 Å². The van der Waals surface area contributed by atoms with Crippen LogP contribution in [0.2, 0.25) is 0 Å². The van der Waals surface area contributed by atoms with Crippen molar-refractivity contribution in [1.29, 1.82) is 0 Å². The van der Waals surface area contributed by atoms with Gasteiger partial charge in [0.25, 0.3) is 0 Å². The molecule has 102 valence electrons. The Kier molecular flexibility index (Phi) is 3.76. The average molecular weight is 324 g/mol. The molecule has 0 saturated carbocycles. The lowest BCUT2D eigenvalue weighted by Crippen LogP contribution is -2.14. The molecule has 2 aromatic heterocycles. The molecule has 0 radical (unpaired) electrons. The maximum Gasteiger partial charge on any atom is 0.234 e. The number of hydrogen-bond acceptors (Lipinski definition) is 9. The van der Waals surface area contributed by atoms with E-state index in [0.29, 0.717) is 20.7 Å². The van der Waals surface area contributed by atoms with Gasteiger partial charge in [0.15, 0.2) is 4.34 Å². The van der Waals surface area contributed by atoms with Gasteiger partial charge in [0.2, 0.25) is 11.0 Å². The standard InChI is InChI=1S/C10H8N6OS3/c11-9-13-14-10(19-9)18-4-7(17)12-5-2-1-3-6-8(5)16-20-15-6/h1-3H,4H2,(H2,11,13)(H,12,17). The summed E-state index contributed by atoms with van der Waals surface area (Å²) in [5.41, 5.74) is 7.62. The monoisotopic (exact) mass is 324 g/mol. The highest BCUT2D eigenvalue weighted by atomic mass is 32.2. The summed E-state index contributed by atoms with van der Waals surface area (Å²) in [6.07, 6.45) is 0. The molecule has 20 heavy (non-hydrogen) atoms. The van der Waals surface area contributed by atoms with Crippen molar-refractivity contribution >= 4 is 62.6 Å². The molecule has 2 heterocycles. The first-order valence-electron chi connectivity index (χ1n) is 5.45. The van der Waals surface area contributed by atoms with Gasteiger partial charge in [0.05, 0.1) is 23.2 Å². The van der Waals surface area contributed by atoms with Crippen LogP contribution in [0.5, 0.6) is 0 Å². The third-order valence-corrected chi connectivity index (χ3v) is 4.74. The lowest BCUT2D eigenvalue weighted by molar-refractivity contribution is -0.113. The van der Waals surface area contributed by atoms with Crippen molar-refractivity contribution in [3.8, 4) is 0 Å². The molecule has 10 heteroatoms. The zero-order valence-electron chi connectivity index (χ0n) is 9.94. The highest BCUT2D eigenvalue weighted by Gasteiger charge is 2.10. The van der Waals surface area contributed by atoms with Crippen molar-refractivity contribution in [3.63, 3.8) is 0 Å². The number of carbonyl (C=O) groups is 1. The van der Waals surface area contributed by atoms with E-state index in [-0.39, 0.29) is 11.7 Å². The van der Waals surface area contributed by atoms with E-state index in [1.165, 1.54) is 23.1 Å². The predicted octanol–water partition coefficient (Wildman–Crippen LogP) is 1.86. The van der Waals surface area contributed by atoms with Gasteiger partial charge in [-0.3, -0.25) is 4.79 Å². The Hall–Kier alpha value is -1.78. The Balaban J connectivity index is 1.65. The molecule has 3 N–H and O–H groups in total. The summed E-state index contributed by atoms with van der Waals surface area (Å²) in [6.45, 7) is 0. The van der Waals surface area contributed by atoms with Crippen LogP contribution in [0.15, 0.2) is 22.5 Å². The Labute approximate surface area is 125 Å². The molecule has 0 saturated heterocycles. The number of nitrogens with two attached hydrogens (primary N) is 1. The summed E-state index contributed by atoms with van der Waals surface area (Å²) in [7, 11) is 0. The lowest BCUT2D eigenvalue weighted by Gasteiger charge is -2.04. The number of thioether (sulfide) groups is 1. The highest BCUT2D eigenvalue weighted by Crippen LogP contribution is 2.24. The van der Waals surface area contributed by atoms with Gasteiger partial charge in [0, 0.05) is 0 Å². The van der Waals surface area contributed by atoms with Crippen molar-refractivity contribution in [3.05, 3.63) is 18.2 Å². The zero-order valence-corrected chi connectivity index (χ0v) is 12.4. The van der Waals surface area contributed by atoms with Crippen LogP contribution in [-0.2, 0) is 4.79 Å². The maximum atomic E-state index is 11.9. The van der Waals surface area contributed by atoms with E-state index in [1.54, 1.807) is 6.07 Å². The molecule has 3 rings (SSSR count). The first-order valence-corrected chi connectivity index (χ1v) is 7.98. The maximum absolute atomic E-state index is 11.9. The van der Waals surface area contributed by atoms with Crippen LogP contribution >= 0.6 is 34.8 Å². The molecular formula is C10H8N6OS3. The normalized spacial score (nSPS) is 10.8. The van der Waals surface area contributed by atoms with Crippen LogP contribution in [0.25, 0.3) is 11.0 Å². The first kappa shape index (κ1) is 13.2. The molecule has 0 bridgehead atoms. The Morgan fingerprint density at radius 1 is 1.35 bits per heavy atom. The van der Waals surface area contributed by atoms with E-state index < -0.39 is 0 Å². The molecule has 7 nitrogen and oxygen atoms in total. The molecular weight excluding hydrogens is 316 g/mol. The topological polar surface area (TPSA) is 107 Å². The second-order valence-corrected chi connectivity index (χ2v) is 6.44. The van der Waals surface area contributed by atoms with Crippen LogP contribution in [-0.4, -0.2) is 30.6 Å². The third kappa shape index (κ3) is 2.86. The second kappa shape index (κ2) is 5.69. The molecule has 0 atom stereocenters. The second-order valence-electron chi connectivity index (χ2n) is 3.68. The van der Waals surface area contributed by atoms with Crippen LogP contribution in [0.1, 0.15) is 0 Å². The SMILES string of the molecule is Nc1nnc(SCC(=O)Nc2cccc3nsnc23)s1. The predicted molar refractivity (Wildman–Crippen MR) is 81.1 cm³/mol. The fourth-order valence-electron chi connectivity index (χ4n) is 1.50. The molecule has 0 aliphatic carbocycles. The average Bonchev–Trinajstić information content (AvgIpc) is 3.05. The number of anilines is 2. The van der Waals surface area contributed by atoms with Crippen molar-refractivity contribution in [2.24, 2.45) is 0 Å². The van der Waals surface area contributed by atoms with Gasteiger partial charge in [0.1, 0.15) is 11.0 Å². The minimum Gasteiger partial charge on any atom is -0.374 e. The molecule has 0 fully saturated rings. The van der Waals surface area contributed by atoms with Gasteiger partial charge in [-0.2, -0.15) is 8.75 Å². The summed E-state index contributed by atoms with van der Waals surface area (Å²) in [6, 6.07) is 5.49. The molecule has 0 aliphatic rings. The summed E-state index contributed by atoms with van der Waals surface area (Å²) < 4.78 is 8.96. The smallest absolute Gasteiger partial charge is 0.234 e. The largest absolute Gasteiger partial charge is 0.374 e. The number of amides is 1. The first-order chi connectivity index (χ1) is 9.72. The van der Waals surface area contributed by atoms with Crippen LogP contribution in [0.3, 0.4) is 0 Å². The molecule has 1 amide bonds. The zero-order chi connectivity index (χ0) is 13.9. The number of nitrogen functional groups attached to an aromatic ring is 1.